The lowest BCUT2D eigenvalue weighted by molar-refractivity contribution is 0.480. The van der Waals surface area contributed by atoms with Gasteiger partial charge in [0.1, 0.15) is 5.76 Å². The SMILES string of the molecule is CN=C(NCCc1ccco1)N1CCC(S(=O)(=O)NC(C)C)C1. The molecule has 0 bridgehead atoms. The zero-order chi connectivity index (χ0) is 16.9. The molecule has 1 aromatic rings. The Morgan fingerprint density at radius 3 is 2.91 bits per heavy atom. The predicted molar refractivity (Wildman–Crippen MR) is 90.9 cm³/mol. The summed E-state index contributed by atoms with van der Waals surface area (Å²) in [5.41, 5.74) is 0. The number of furan rings is 1. The summed E-state index contributed by atoms with van der Waals surface area (Å²) in [5.74, 6) is 1.65. The summed E-state index contributed by atoms with van der Waals surface area (Å²) in [6.07, 6.45) is 3.03. The Kier molecular flexibility index (Phi) is 6.06. The normalized spacial score (nSPS) is 19.6. The van der Waals surface area contributed by atoms with Gasteiger partial charge in [0.25, 0.3) is 0 Å². The Morgan fingerprint density at radius 1 is 1.52 bits per heavy atom. The van der Waals surface area contributed by atoms with Gasteiger partial charge >= 0.3 is 0 Å². The Labute approximate surface area is 138 Å². The Morgan fingerprint density at radius 2 is 2.30 bits per heavy atom. The van der Waals surface area contributed by atoms with Gasteiger partial charge in [-0.1, -0.05) is 0 Å². The van der Waals surface area contributed by atoms with Gasteiger partial charge in [-0.25, -0.2) is 13.1 Å². The largest absolute Gasteiger partial charge is 0.469 e. The second-order valence-electron chi connectivity index (χ2n) is 5.98. The maximum Gasteiger partial charge on any atom is 0.216 e. The average molecular weight is 342 g/mol. The van der Waals surface area contributed by atoms with Crippen LogP contribution in [0.1, 0.15) is 26.0 Å². The van der Waals surface area contributed by atoms with Crippen molar-refractivity contribution in [3.05, 3.63) is 24.2 Å². The van der Waals surface area contributed by atoms with Crippen LogP contribution in [0.3, 0.4) is 0 Å². The number of hydrogen-bond donors (Lipinski definition) is 2. The maximum atomic E-state index is 12.3. The smallest absolute Gasteiger partial charge is 0.216 e. The molecule has 0 amide bonds. The fourth-order valence-corrected chi connectivity index (χ4v) is 4.32. The average Bonchev–Trinajstić information content (AvgIpc) is 3.13. The monoisotopic (exact) mass is 342 g/mol. The van der Waals surface area contributed by atoms with Gasteiger partial charge in [0, 0.05) is 39.1 Å². The molecule has 1 aliphatic heterocycles. The molecule has 7 nitrogen and oxygen atoms in total. The third-order valence-electron chi connectivity index (χ3n) is 3.73. The Hall–Kier alpha value is -1.54. The Balaban J connectivity index is 1.86. The topological polar surface area (TPSA) is 86.9 Å². The molecule has 1 atom stereocenters. The van der Waals surface area contributed by atoms with Gasteiger partial charge < -0.3 is 14.6 Å². The minimum Gasteiger partial charge on any atom is -0.469 e. The highest BCUT2D eigenvalue weighted by atomic mass is 32.2. The highest BCUT2D eigenvalue weighted by molar-refractivity contribution is 7.90. The van der Waals surface area contributed by atoms with Crippen molar-refractivity contribution in [2.24, 2.45) is 4.99 Å². The highest BCUT2D eigenvalue weighted by Crippen LogP contribution is 2.16. The minimum absolute atomic E-state index is 0.0835. The van der Waals surface area contributed by atoms with Crippen molar-refractivity contribution in [2.75, 3.05) is 26.7 Å². The van der Waals surface area contributed by atoms with Crippen LogP contribution in [-0.2, 0) is 16.4 Å². The van der Waals surface area contributed by atoms with Crippen LogP contribution in [0.4, 0.5) is 0 Å². The molecule has 130 valence electrons. The van der Waals surface area contributed by atoms with Crippen molar-refractivity contribution in [1.29, 1.82) is 0 Å². The van der Waals surface area contributed by atoms with Gasteiger partial charge in [0.05, 0.1) is 11.5 Å². The Bertz CT molecular complexity index is 611. The first kappa shape index (κ1) is 17.8. The minimum atomic E-state index is -3.28. The standard InChI is InChI=1S/C15H26N4O3S/c1-12(2)18-23(20,21)14-7-9-19(11-14)15(16-3)17-8-6-13-5-4-10-22-13/h4-5,10,12,14,18H,6-9,11H2,1-3H3,(H,16,17). The molecule has 1 saturated heterocycles. The van der Waals surface area contributed by atoms with E-state index in [1.54, 1.807) is 13.3 Å². The summed E-state index contributed by atoms with van der Waals surface area (Å²) in [5, 5.41) is 2.87. The molecule has 8 heteroatoms. The first-order chi connectivity index (χ1) is 10.9. The van der Waals surface area contributed by atoms with Crippen molar-refractivity contribution >= 4 is 16.0 Å². The van der Waals surface area contributed by atoms with E-state index in [0.717, 1.165) is 18.1 Å². The molecule has 0 saturated carbocycles. The lowest BCUT2D eigenvalue weighted by Gasteiger charge is -2.22. The fraction of sp³-hybridized carbons (Fsp3) is 0.667. The number of likely N-dealkylation sites (tertiary alicyclic amines) is 1. The van der Waals surface area contributed by atoms with E-state index in [1.807, 2.05) is 30.9 Å². The van der Waals surface area contributed by atoms with E-state index in [-0.39, 0.29) is 6.04 Å². The molecule has 2 heterocycles. The molecular weight excluding hydrogens is 316 g/mol. The summed E-state index contributed by atoms with van der Waals surface area (Å²) in [6, 6.07) is 3.71. The van der Waals surface area contributed by atoms with Crippen LogP contribution in [0.2, 0.25) is 0 Å². The third kappa shape index (κ3) is 4.97. The predicted octanol–water partition coefficient (Wildman–Crippen LogP) is 0.800. The number of sulfonamides is 1. The second kappa shape index (κ2) is 7.83. The summed E-state index contributed by atoms with van der Waals surface area (Å²) in [4.78, 5) is 6.24. The molecule has 2 N–H and O–H groups in total. The van der Waals surface area contributed by atoms with E-state index in [9.17, 15) is 8.42 Å². The van der Waals surface area contributed by atoms with Crippen molar-refractivity contribution in [3.63, 3.8) is 0 Å². The van der Waals surface area contributed by atoms with Gasteiger partial charge in [0.2, 0.25) is 10.0 Å². The molecule has 2 rings (SSSR count). The van der Waals surface area contributed by atoms with E-state index >= 15 is 0 Å². The van der Waals surface area contributed by atoms with Gasteiger partial charge in [-0.05, 0) is 32.4 Å². The quantitative estimate of drug-likeness (QED) is 0.590. The molecule has 1 aromatic heterocycles. The third-order valence-corrected chi connectivity index (χ3v) is 5.79. The van der Waals surface area contributed by atoms with Gasteiger partial charge in [-0.2, -0.15) is 0 Å². The summed E-state index contributed by atoms with van der Waals surface area (Å²) in [7, 11) is -1.57. The lowest BCUT2D eigenvalue weighted by atomic mass is 10.3. The number of hydrogen-bond acceptors (Lipinski definition) is 4. The van der Waals surface area contributed by atoms with Crippen molar-refractivity contribution < 1.29 is 12.8 Å². The maximum absolute atomic E-state index is 12.3. The zero-order valence-corrected chi connectivity index (χ0v) is 14.8. The number of nitrogens with zero attached hydrogens (tertiary/aromatic N) is 2. The molecule has 0 aliphatic carbocycles. The highest BCUT2D eigenvalue weighted by Gasteiger charge is 2.34. The van der Waals surface area contributed by atoms with E-state index in [2.05, 4.69) is 15.0 Å². The van der Waals surface area contributed by atoms with Crippen LogP contribution in [-0.4, -0.2) is 57.3 Å². The summed E-state index contributed by atoms with van der Waals surface area (Å²) >= 11 is 0. The molecule has 1 unspecified atom stereocenters. The van der Waals surface area contributed by atoms with Gasteiger partial charge in [-0.15, -0.1) is 0 Å². The zero-order valence-electron chi connectivity index (χ0n) is 13.9. The van der Waals surface area contributed by atoms with E-state index < -0.39 is 15.3 Å². The number of rotatable bonds is 6. The van der Waals surface area contributed by atoms with E-state index in [1.165, 1.54) is 0 Å². The first-order valence-corrected chi connectivity index (χ1v) is 9.46. The molecule has 0 radical (unpaired) electrons. The number of guanidine groups is 1. The molecule has 1 fully saturated rings. The van der Waals surface area contributed by atoms with Crippen LogP contribution in [0.5, 0.6) is 0 Å². The number of aliphatic imine (C=N–C) groups is 1. The number of nitrogens with one attached hydrogen (secondary N) is 2. The van der Waals surface area contributed by atoms with Crippen LogP contribution in [0.25, 0.3) is 0 Å². The summed E-state index contributed by atoms with van der Waals surface area (Å²) < 4.78 is 32.5. The molecule has 23 heavy (non-hydrogen) atoms. The molecular formula is C15H26N4O3S. The summed E-state index contributed by atoms with van der Waals surface area (Å²) in [6.45, 7) is 5.50. The van der Waals surface area contributed by atoms with Gasteiger partial charge in [0.15, 0.2) is 5.96 Å². The second-order valence-corrected chi connectivity index (χ2v) is 7.97. The van der Waals surface area contributed by atoms with Crippen LogP contribution < -0.4 is 10.0 Å². The fourth-order valence-electron chi connectivity index (χ4n) is 2.68. The molecule has 0 spiro atoms. The molecule has 1 aliphatic rings. The van der Waals surface area contributed by atoms with Crippen molar-refractivity contribution in [1.82, 2.24) is 14.9 Å². The van der Waals surface area contributed by atoms with Crippen LogP contribution in [0.15, 0.2) is 27.8 Å². The van der Waals surface area contributed by atoms with Crippen molar-refractivity contribution in [3.8, 4) is 0 Å². The van der Waals surface area contributed by atoms with E-state index in [4.69, 9.17) is 4.42 Å². The molecule has 0 aromatic carbocycles. The van der Waals surface area contributed by atoms with Crippen molar-refractivity contribution in [2.45, 2.75) is 38.0 Å². The lowest BCUT2D eigenvalue weighted by Crippen LogP contribution is -2.44. The van der Waals surface area contributed by atoms with Crippen LogP contribution >= 0.6 is 0 Å². The van der Waals surface area contributed by atoms with Gasteiger partial charge in [-0.3, -0.25) is 4.99 Å². The van der Waals surface area contributed by atoms with E-state index in [0.29, 0.717) is 26.1 Å². The first-order valence-electron chi connectivity index (χ1n) is 7.91. The van der Waals surface area contributed by atoms with Crippen LogP contribution in [0, 0.1) is 0 Å².